The van der Waals surface area contributed by atoms with Crippen molar-refractivity contribution in [1.29, 1.82) is 0 Å². The monoisotopic (exact) mass is 389 g/mol. The molecule has 1 heterocycles. The number of nitrogens with two attached hydrogens (primary N) is 1. The number of carbonyl (C=O) groups excluding carboxylic acids is 1. The van der Waals surface area contributed by atoms with Crippen molar-refractivity contribution in [2.45, 2.75) is 18.5 Å². The minimum atomic E-state index is 0.0565. The molecule has 2 atom stereocenters. The summed E-state index contributed by atoms with van der Waals surface area (Å²) < 4.78 is 0. The Balaban J connectivity index is 1.78. The Morgan fingerprint density at radius 1 is 1.15 bits per heavy atom. The number of hydrogen-bond donors (Lipinski definition) is 3. The Bertz CT molecular complexity index is 749. The molecule has 3 rings (SSSR count). The van der Waals surface area contributed by atoms with Gasteiger partial charge in [0.2, 0.25) is 0 Å². The average molecular weight is 390 g/mol. The maximum atomic E-state index is 13.2. The van der Waals surface area contributed by atoms with Crippen molar-refractivity contribution < 1.29 is 4.79 Å². The minimum Gasteiger partial charge on any atom is -0.336 e. The Morgan fingerprint density at radius 2 is 1.92 bits per heavy atom. The zero-order valence-electron chi connectivity index (χ0n) is 14.9. The Kier molecular flexibility index (Phi) is 6.86. The quantitative estimate of drug-likeness (QED) is 0.666. The molecule has 0 aromatic heterocycles. The molecule has 2 N–H and O–H groups in total. The first-order valence-electron chi connectivity index (χ1n) is 9.12. The largest absolute Gasteiger partial charge is 0.336 e. The number of rotatable bonds is 6. The van der Waals surface area contributed by atoms with Crippen LogP contribution in [0.1, 0.15) is 16.8 Å². The first kappa shape index (κ1) is 19.5. The molecule has 2 aromatic carbocycles. The van der Waals surface area contributed by atoms with Gasteiger partial charge in [-0.2, -0.15) is 25.3 Å². The fourth-order valence-electron chi connectivity index (χ4n) is 3.68. The van der Waals surface area contributed by atoms with Gasteiger partial charge in [-0.25, -0.2) is 0 Å². The summed E-state index contributed by atoms with van der Waals surface area (Å²) in [5.74, 6) is 1.58. The molecule has 4 nitrogen and oxygen atoms in total. The van der Waals surface area contributed by atoms with E-state index in [0.29, 0.717) is 11.8 Å². The van der Waals surface area contributed by atoms with Crippen molar-refractivity contribution in [2.24, 2.45) is 5.73 Å². The number of fused-ring (bicyclic) bond motifs is 1. The SMILES string of the molecule is NC(CS)CN1CCN(C(=O)c2cccc3ccccc23)CC1CCS. The van der Waals surface area contributed by atoms with Crippen molar-refractivity contribution in [3.63, 3.8) is 0 Å². The van der Waals surface area contributed by atoms with Crippen molar-refractivity contribution in [2.75, 3.05) is 37.7 Å². The van der Waals surface area contributed by atoms with E-state index in [2.05, 4.69) is 30.2 Å². The van der Waals surface area contributed by atoms with Gasteiger partial charge in [0, 0.05) is 49.6 Å². The number of piperazine rings is 1. The molecular weight excluding hydrogens is 362 g/mol. The number of amides is 1. The van der Waals surface area contributed by atoms with Gasteiger partial charge in [-0.15, -0.1) is 0 Å². The third kappa shape index (κ3) is 4.36. The van der Waals surface area contributed by atoms with Gasteiger partial charge in [-0.1, -0.05) is 36.4 Å². The molecule has 0 saturated carbocycles. The molecule has 1 fully saturated rings. The molecule has 0 radical (unpaired) electrons. The topological polar surface area (TPSA) is 49.6 Å². The van der Waals surface area contributed by atoms with E-state index in [0.717, 1.165) is 54.7 Å². The Hall–Kier alpha value is -1.21. The van der Waals surface area contributed by atoms with Crippen LogP contribution in [0.5, 0.6) is 0 Å². The summed E-state index contributed by atoms with van der Waals surface area (Å²) in [6.07, 6.45) is 0.946. The fourth-order valence-corrected chi connectivity index (χ4v) is 4.10. The smallest absolute Gasteiger partial charge is 0.254 e. The van der Waals surface area contributed by atoms with Crippen LogP contribution in [0.2, 0.25) is 0 Å². The van der Waals surface area contributed by atoms with E-state index in [9.17, 15) is 4.79 Å². The maximum absolute atomic E-state index is 13.2. The molecule has 6 heteroatoms. The molecule has 0 aliphatic carbocycles. The lowest BCUT2D eigenvalue weighted by Crippen LogP contribution is -2.57. The lowest BCUT2D eigenvalue weighted by Gasteiger charge is -2.42. The standard InChI is InChI=1S/C20H27N3OS2/c21-16(14-26)12-22-9-10-23(13-17(22)8-11-25)20(24)19-7-3-5-15-4-1-2-6-18(15)19/h1-7,16-17,25-26H,8-14,21H2. The molecular formula is C20H27N3OS2. The zero-order valence-corrected chi connectivity index (χ0v) is 16.7. The highest BCUT2D eigenvalue weighted by Gasteiger charge is 2.30. The van der Waals surface area contributed by atoms with Gasteiger partial charge in [0.15, 0.2) is 0 Å². The summed E-state index contributed by atoms with van der Waals surface area (Å²) in [4.78, 5) is 17.6. The number of benzene rings is 2. The maximum Gasteiger partial charge on any atom is 0.254 e. The summed E-state index contributed by atoms with van der Waals surface area (Å²) in [6.45, 7) is 3.11. The molecule has 2 aromatic rings. The summed E-state index contributed by atoms with van der Waals surface area (Å²) in [5, 5.41) is 2.12. The van der Waals surface area contributed by atoms with E-state index in [1.165, 1.54) is 0 Å². The van der Waals surface area contributed by atoms with Crippen LogP contribution in [0.25, 0.3) is 10.8 Å². The third-order valence-corrected chi connectivity index (χ3v) is 5.80. The van der Waals surface area contributed by atoms with Crippen LogP contribution in [0.3, 0.4) is 0 Å². The Labute approximate surface area is 166 Å². The lowest BCUT2D eigenvalue weighted by atomic mass is 10.0. The second kappa shape index (κ2) is 9.13. The van der Waals surface area contributed by atoms with Gasteiger partial charge in [-0.3, -0.25) is 9.69 Å². The van der Waals surface area contributed by atoms with E-state index in [-0.39, 0.29) is 11.9 Å². The summed E-state index contributed by atoms with van der Waals surface area (Å²) in [6, 6.07) is 14.4. The number of nitrogens with zero attached hydrogens (tertiary/aromatic N) is 2. The second-order valence-corrected chi connectivity index (χ2v) is 7.69. The molecule has 1 amide bonds. The van der Waals surface area contributed by atoms with E-state index in [1.807, 2.05) is 47.4 Å². The van der Waals surface area contributed by atoms with Gasteiger partial charge in [-0.05, 0) is 29.0 Å². The van der Waals surface area contributed by atoms with Crippen molar-refractivity contribution >= 4 is 41.9 Å². The summed E-state index contributed by atoms with van der Waals surface area (Å²) >= 11 is 8.71. The van der Waals surface area contributed by atoms with Gasteiger partial charge in [0.25, 0.3) is 5.91 Å². The summed E-state index contributed by atoms with van der Waals surface area (Å²) in [5.41, 5.74) is 6.88. The second-order valence-electron chi connectivity index (χ2n) is 6.88. The van der Waals surface area contributed by atoms with Crippen LogP contribution in [0.15, 0.2) is 42.5 Å². The van der Waals surface area contributed by atoms with Crippen LogP contribution in [0, 0.1) is 0 Å². The van der Waals surface area contributed by atoms with Crippen molar-refractivity contribution in [3.05, 3.63) is 48.0 Å². The van der Waals surface area contributed by atoms with Gasteiger partial charge < -0.3 is 10.6 Å². The third-order valence-electron chi connectivity index (χ3n) is 5.08. The lowest BCUT2D eigenvalue weighted by molar-refractivity contribution is 0.0468. The predicted molar refractivity (Wildman–Crippen MR) is 116 cm³/mol. The van der Waals surface area contributed by atoms with Gasteiger partial charge >= 0.3 is 0 Å². The van der Waals surface area contributed by atoms with Crippen LogP contribution in [0.4, 0.5) is 0 Å². The highest BCUT2D eigenvalue weighted by atomic mass is 32.1. The van der Waals surface area contributed by atoms with Crippen LogP contribution >= 0.6 is 25.3 Å². The molecule has 0 spiro atoms. The number of thiol groups is 2. The zero-order chi connectivity index (χ0) is 18.5. The van der Waals surface area contributed by atoms with Crippen LogP contribution in [-0.2, 0) is 0 Å². The highest BCUT2D eigenvalue weighted by Crippen LogP contribution is 2.22. The molecule has 140 valence electrons. The molecule has 26 heavy (non-hydrogen) atoms. The van der Waals surface area contributed by atoms with E-state index >= 15 is 0 Å². The Morgan fingerprint density at radius 3 is 2.69 bits per heavy atom. The first-order valence-corrected chi connectivity index (χ1v) is 10.4. The average Bonchev–Trinajstić information content (AvgIpc) is 2.68. The van der Waals surface area contributed by atoms with E-state index < -0.39 is 0 Å². The summed E-state index contributed by atoms with van der Waals surface area (Å²) in [7, 11) is 0. The van der Waals surface area contributed by atoms with Gasteiger partial charge in [0.1, 0.15) is 0 Å². The van der Waals surface area contributed by atoms with Crippen molar-refractivity contribution in [3.8, 4) is 0 Å². The number of hydrogen-bond acceptors (Lipinski definition) is 5. The fraction of sp³-hybridized carbons (Fsp3) is 0.450. The first-order chi connectivity index (χ1) is 12.6. The molecule has 1 aliphatic rings. The minimum absolute atomic E-state index is 0.0565. The normalized spacial score (nSPS) is 19.7. The van der Waals surface area contributed by atoms with Crippen LogP contribution in [-0.4, -0.2) is 65.5 Å². The van der Waals surface area contributed by atoms with Gasteiger partial charge in [0.05, 0.1) is 0 Å². The van der Waals surface area contributed by atoms with Crippen LogP contribution < -0.4 is 5.73 Å². The van der Waals surface area contributed by atoms with E-state index in [4.69, 9.17) is 5.73 Å². The highest BCUT2D eigenvalue weighted by molar-refractivity contribution is 7.80. The number of carbonyl (C=O) groups is 1. The van der Waals surface area contributed by atoms with E-state index in [1.54, 1.807) is 0 Å². The molecule has 1 aliphatic heterocycles. The molecule has 0 bridgehead atoms. The molecule has 1 saturated heterocycles. The molecule has 2 unspecified atom stereocenters. The predicted octanol–water partition coefficient (Wildman–Crippen LogP) is 2.54. The van der Waals surface area contributed by atoms with Crippen molar-refractivity contribution in [1.82, 2.24) is 9.80 Å².